The number of nitrogens with zero attached hydrogens (tertiary/aromatic N) is 2. The summed E-state index contributed by atoms with van der Waals surface area (Å²) in [5.41, 5.74) is 2.15. The van der Waals surface area contributed by atoms with Crippen molar-refractivity contribution in [3.63, 3.8) is 0 Å². The predicted octanol–water partition coefficient (Wildman–Crippen LogP) is 3.69. The van der Waals surface area contributed by atoms with E-state index in [0.29, 0.717) is 6.04 Å². The van der Waals surface area contributed by atoms with Gasteiger partial charge in [-0.05, 0) is 55.7 Å². The molecule has 1 aromatic rings. The van der Waals surface area contributed by atoms with Gasteiger partial charge in [0.15, 0.2) is 0 Å². The molecule has 0 amide bonds. The number of rotatable bonds is 4. The Morgan fingerprint density at radius 2 is 2.00 bits per heavy atom. The van der Waals surface area contributed by atoms with Crippen LogP contribution >= 0.6 is 0 Å². The standard InChI is InChI=1S/C18H28N2O/c1-2-6-16-11-14(13-21)12-18(19-16)20-10-5-8-15-7-3-4-9-17(15)20/h11-12,15,17,21H,2-10,13H2,1H3. The van der Waals surface area contributed by atoms with Crippen LogP contribution in [0.25, 0.3) is 0 Å². The lowest BCUT2D eigenvalue weighted by molar-refractivity contribution is 0.242. The maximum Gasteiger partial charge on any atom is 0.129 e. The summed E-state index contributed by atoms with van der Waals surface area (Å²) in [7, 11) is 0. The zero-order valence-corrected chi connectivity index (χ0v) is 13.2. The molecule has 2 aliphatic rings. The molecule has 1 aliphatic heterocycles. The molecule has 3 nitrogen and oxygen atoms in total. The molecule has 1 saturated heterocycles. The van der Waals surface area contributed by atoms with E-state index in [2.05, 4.69) is 24.0 Å². The van der Waals surface area contributed by atoms with Crippen LogP contribution in [-0.4, -0.2) is 22.7 Å². The summed E-state index contributed by atoms with van der Waals surface area (Å²) in [6.07, 6.45) is 10.3. The van der Waals surface area contributed by atoms with Gasteiger partial charge in [0.1, 0.15) is 5.82 Å². The number of fused-ring (bicyclic) bond motifs is 1. The van der Waals surface area contributed by atoms with Crippen LogP contribution in [0.1, 0.15) is 63.1 Å². The number of hydrogen-bond donors (Lipinski definition) is 1. The lowest BCUT2D eigenvalue weighted by Gasteiger charge is -2.45. The van der Waals surface area contributed by atoms with Gasteiger partial charge in [0, 0.05) is 18.3 Å². The van der Waals surface area contributed by atoms with Crippen LogP contribution in [0, 0.1) is 5.92 Å². The molecule has 0 aromatic carbocycles. The number of aliphatic hydroxyl groups is 1. The first kappa shape index (κ1) is 14.8. The van der Waals surface area contributed by atoms with E-state index in [0.717, 1.165) is 42.4 Å². The van der Waals surface area contributed by atoms with Crippen LogP contribution in [0.3, 0.4) is 0 Å². The van der Waals surface area contributed by atoms with Crippen molar-refractivity contribution in [1.29, 1.82) is 0 Å². The lowest BCUT2D eigenvalue weighted by atomic mass is 9.78. The van der Waals surface area contributed by atoms with Crippen molar-refractivity contribution >= 4 is 5.82 Å². The highest BCUT2D eigenvalue weighted by Crippen LogP contribution is 2.37. The number of aliphatic hydroxyl groups excluding tert-OH is 1. The van der Waals surface area contributed by atoms with Crippen LogP contribution in [-0.2, 0) is 13.0 Å². The summed E-state index contributed by atoms with van der Waals surface area (Å²) in [6.45, 7) is 3.44. The minimum Gasteiger partial charge on any atom is -0.392 e. The van der Waals surface area contributed by atoms with Gasteiger partial charge in [-0.25, -0.2) is 4.98 Å². The second-order valence-electron chi connectivity index (χ2n) is 6.68. The Morgan fingerprint density at radius 1 is 1.19 bits per heavy atom. The highest BCUT2D eigenvalue weighted by atomic mass is 16.3. The Labute approximate surface area is 128 Å². The quantitative estimate of drug-likeness (QED) is 0.918. The van der Waals surface area contributed by atoms with Crippen molar-refractivity contribution in [2.24, 2.45) is 5.92 Å². The molecular formula is C18H28N2O. The number of anilines is 1. The molecule has 1 aliphatic carbocycles. The third kappa shape index (κ3) is 3.23. The lowest BCUT2D eigenvalue weighted by Crippen LogP contribution is -2.47. The monoisotopic (exact) mass is 288 g/mol. The van der Waals surface area contributed by atoms with Crippen LogP contribution < -0.4 is 4.90 Å². The third-order valence-corrected chi connectivity index (χ3v) is 5.15. The number of piperidine rings is 1. The number of aromatic nitrogens is 1. The second-order valence-corrected chi connectivity index (χ2v) is 6.68. The van der Waals surface area contributed by atoms with E-state index in [1.165, 1.54) is 38.5 Å². The largest absolute Gasteiger partial charge is 0.392 e. The van der Waals surface area contributed by atoms with Crippen LogP contribution in [0.2, 0.25) is 0 Å². The predicted molar refractivity (Wildman–Crippen MR) is 86.5 cm³/mol. The molecule has 2 fully saturated rings. The van der Waals surface area contributed by atoms with E-state index in [1.807, 2.05) is 0 Å². The minimum absolute atomic E-state index is 0.119. The first-order valence-electron chi connectivity index (χ1n) is 8.69. The second kappa shape index (κ2) is 6.78. The van der Waals surface area contributed by atoms with Gasteiger partial charge in [-0.2, -0.15) is 0 Å². The van der Waals surface area contributed by atoms with Gasteiger partial charge in [-0.15, -0.1) is 0 Å². The Hall–Kier alpha value is -1.09. The molecule has 0 radical (unpaired) electrons. The molecule has 21 heavy (non-hydrogen) atoms. The van der Waals surface area contributed by atoms with Crippen molar-refractivity contribution in [2.45, 2.75) is 70.9 Å². The van der Waals surface area contributed by atoms with Gasteiger partial charge in [0.2, 0.25) is 0 Å². The summed E-state index contributed by atoms with van der Waals surface area (Å²) in [5.74, 6) is 1.98. The first-order valence-corrected chi connectivity index (χ1v) is 8.69. The zero-order chi connectivity index (χ0) is 14.7. The molecule has 1 N–H and O–H groups in total. The van der Waals surface area contributed by atoms with Gasteiger partial charge in [0.25, 0.3) is 0 Å². The Kier molecular flexibility index (Phi) is 4.79. The molecule has 116 valence electrons. The molecule has 3 heteroatoms. The fraction of sp³-hybridized carbons (Fsp3) is 0.722. The van der Waals surface area contributed by atoms with E-state index in [-0.39, 0.29) is 6.61 Å². The van der Waals surface area contributed by atoms with Crippen LogP contribution in [0.4, 0.5) is 5.82 Å². The smallest absolute Gasteiger partial charge is 0.129 e. The van der Waals surface area contributed by atoms with Gasteiger partial charge in [-0.1, -0.05) is 26.2 Å². The molecule has 1 saturated carbocycles. The zero-order valence-electron chi connectivity index (χ0n) is 13.2. The van der Waals surface area contributed by atoms with Crippen molar-refractivity contribution in [3.8, 4) is 0 Å². The first-order chi connectivity index (χ1) is 10.3. The molecule has 3 rings (SSSR count). The maximum atomic E-state index is 9.54. The Bertz CT molecular complexity index is 472. The maximum absolute atomic E-state index is 9.54. The highest BCUT2D eigenvalue weighted by Gasteiger charge is 2.33. The van der Waals surface area contributed by atoms with Crippen molar-refractivity contribution in [1.82, 2.24) is 4.98 Å². The highest BCUT2D eigenvalue weighted by molar-refractivity contribution is 5.44. The summed E-state index contributed by atoms with van der Waals surface area (Å²) in [6, 6.07) is 4.86. The molecule has 2 heterocycles. The van der Waals surface area contributed by atoms with Crippen molar-refractivity contribution < 1.29 is 5.11 Å². The summed E-state index contributed by atoms with van der Waals surface area (Å²) < 4.78 is 0. The summed E-state index contributed by atoms with van der Waals surface area (Å²) in [5, 5.41) is 9.54. The fourth-order valence-electron chi connectivity index (χ4n) is 4.17. The molecule has 1 aromatic heterocycles. The molecule has 0 bridgehead atoms. The molecule has 2 unspecified atom stereocenters. The minimum atomic E-state index is 0.119. The number of hydrogen-bond acceptors (Lipinski definition) is 3. The number of aryl methyl sites for hydroxylation is 1. The van der Waals surface area contributed by atoms with E-state index in [9.17, 15) is 5.11 Å². The van der Waals surface area contributed by atoms with E-state index < -0.39 is 0 Å². The van der Waals surface area contributed by atoms with Gasteiger partial charge >= 0.3 is 0 Å². The van der Waals surface area contributed by atoms with Gasteiger partial charge < -0.3 is 10.0 Å². The van der Waals surface area contributed by atoms with Crippen molar-refractivity contribution in [3.05, 3.63) is 23.4 Å². The topological polar surface area (TPSA) is 36.4 Å². The average molecular weight is 288 g/mol. The number of pyridine rings is 1. The summed E-state index contributed by atoms with van der Waals surface area (Å²) in [4.78, 5) is 7.45. The molecule has 0 spiro atoms. The van der Waals surface area contributed by atoms with Crippen LogP contribution in [0.15, 0.2) is 12.1 Å². The fourth-order valence-corrected chi connectivity index (χ4v) is 4.17. The van der Waals surface area contributed by atoms with Gasteiger partial charge in [-0.3, -0.25) is 0 Å². The van der Waals surface area contributed by atoms with E-state index in [4.69, 9.17) is 4.98 Å². The van der Waals surface area contributed by atoms with Crippen molar-refractivity contribution in [2.75, 3.05) is 11.4 Å². The third-order valence-electron chi connectivity index (χ3n) is 5.15. The molecule has 2 atom stereocenters. The van der Waals surface area contributed by atoms with Gasteiger partial charge in [0.05, 0.1) is 6.61 Å². The molecular weight excluding hydrogens is 260 g/mol. The average Bonchev–Trinajstić information content (AvgIpc) is 2.54. The SMILES string of the molecule is CCCc1cc(CO)cc(N2CCCC3CCCCC32)n1. The van der Waals surface area contributed by atoms with Crippen LogP contribution in [0.5, 0.6) is 0 Å². The van der Waals surface area contributed by atoms with E-state index in [1.54, 1.807) is 0 Å². The summed E-state index contributed by atoms with van der Waals surface area (Å²) >= 11 is 0. The Balaban J connectivity index is 1.88. The van der Waals surface area contributed by atoms with E-state index >= 15 is 0 Å². The normalized spacial score (nSPS) is 25.7. The Morgan fingerprint density at radius 3 is 2.81 bits per heavy atom.